The lowest BCUT2D eigenvalue weighted by atomic mass is 10.00. The first-order valence-corrected chi connectivity index (χ1v) is 24.1. The number of anilines is 5. The van der Waals surface area contributed by atoms with E-state index in [9.17, 15) is 24.0 Å². The normalized spacial score (nSPS) is 17.6. The van der Waals surface area contributed by atoms with Gasteiger partial charge in [-0.1, -0.05) is 24.8 Å². The first-order valence-electron chi connectivity index (χ1n) is 24.1. The van der Waals surface area contributed by atoms with E-state index in [-0.39, 0.29) is 48.8 Å². The van der Waals surface area contributed by atoms with Crippen LogP contribution in [0.2, 0.25) is 0 Å². The lowest BCUT2D eigenvalue weighted by molar-refractivity contribution is -0.198. The summed E-state index contributed by atoms with van der Waals surface area (Å²) in [5.74, 6) is -0.356. The van der Waals surface area contributed by atoms with Crippen molar-refractivity contribution in [1.29, 1.82) is 0 Å². The highest BCUT2D eigenvalue weighted by Crippen LogP contribution is 2.42. The van der Waals surface area contributed by atoms with E-state index >= 15 is 0 Å². The summed E-state index contributed by atoms with van der Waals surface area (Å²) in [7, 11) is 5.03. The van der Waals surface area contributed by atoms with Crippen molar-refractivity contribution in [2.75, 3.05) is 60.1 Å². The Morgan fingerprint density at radius 3 is 2.20 bits per heavy atom. The summed E-state index contributed by atoms with van der Waals surface area (Å²) in [5.41, 5.74) is 11.2. The lowest BCUT2D eigenvalue weighted by Gasteiger charge is -2.42. The van der Waals surface area contributed by atoms with Gasteiger partial charge in [0.1, 0.15) is 18.0 Å². The second-order valence-corrected chi connectivity index (χ2v) is 17.9. The Balaban J connectivity index is 0.835. The van der Waals surface area contributed by atoms with Gasteiger partial charge in [0.25, 0.3) is 17.7 Å². The third-order valence-electron chi connectivity index (χ3n) is 12.8. The molecule has 3 aliphatic rings. The number of nitrogens with two attached hydrogens (primary N) is 1. The molecular formula is C53H62N8O10. The molecule has 374 valence electrons. The van der Waals surface area contributed by atoms with Gasteiger partial charge in [0.2, 0.25) is 5.91 Å². The molecular weight excluding hydrogens is 909 g/mol. The Morgan fingerprint density at radius 1 is 0.789 bits per heavy atom. The summed E-state index contributed by atoms with van der Waals surface area (Å²) in [4.78, 5) is 70.8. The molecule has 5 heterocycles. The molecule has 2 aromatic heterocycles. The van der Waals surface area contributed by atoms with E-state index < -0.39 is 24.7 Å². The van der Waals surface area contributed by atoms with E-state index in [1.165, 1.54) is 18.1 Å². The second kappa shape index (κ2) is 22.9. The average Bonchev–Trinajstić information content (AvgIpc) is 3.93. The van der Waals surface area contributed by atoms with Crippen molar-refractivity contribution >= 4 is 58.2 Å². The van der Waals surface area contributed by atoms with Crippen LogP contribution in [0, 0.1) is 0 Å². The summed E-state index contributed by atoms with van der Waals surface area (Å²) in [6.07, 6.45) is 9.86. The molecule has 8 rings (SSSR count). The molecule has 71 heavy (non-hydrogen) atoms. The number of hydrogen-bond acceptors (Lipinski definition) is 11. The molecule has 2 saturated heterocycles. The number of methoxy groups -OCH3 is 1. The number of unbranched alkanes of at least 4 members (excludes halogenated alkanes) is 2. The Morgan fingerprint density at radius 2 is 1.49 bits per heavy atom. The van der Waals surface area contributed by atoms with Gasteiger partial charge in [-0.05, 0) is 118 Å². The number of nitrogens with zero attached hydrogens (tertiary/aromatic N) is 4. The van der Waals surface area contributed by atoms with Crippen LogP contribution in [-0.2, 0) is 33.1 Å². The Labute approximate surface area is 413 Å². The fourth-order valence-electron chi connectivity index (χ4n) is 9.17. The quantitative estimate of drug-likeness (QED) is 0.0371. The number of rotatable bonds is 18. The van der Waals surface area contributed by atoms with Crippen molar-refractivity contribution < 1.29 is 47.7 Å². The number of piperidine rings is 1. The Hall–Kier alpha value is -7.57. The van der Waals surface area contributed by atoms with Gasteiger partial charge < -0.3 is 59.4 Å². The van der Waals surface area contributed by atoms with Crippen molar-refractivity contribution in [2.45, 2.75) is 82.8 Å². The summed E-state index contributed by atoms with van der Waals surface area (Å²) in [5, 5.41) is 8.71. The Bertz CT molecular complexity index is 2730. The number of aromatic nitrogens is 2. The fraction of sp³-hybridized carbons (Fsp3) is 0.377. The van der Waals surface area contributed by atoms with Crippen LogP contribution < -0.4 is 36.1 Å². The van der Waals surface area contributed by atoms with Gasteiger partial charge >= 0.3 is 6.09 Å². The summed E-state index contributed by atoms with van der Waals surface area (Å²) in [6.45, 7) is 5.00. The molecule has 0 radical (unpaired) electrons. The zero-order chi connectivity index (χ0) is 50.0. The molecule has 3 atom stereocenters. The number of nitrogen functional groups attached to an aromatic ring is 1. The SMILES string of the molecule is C=CCOC(=O)N1c2cc(OCCCCCC(=O)Nc3cc(C(=O)Nc4ccc(-c5cc(C(=O)Nc6ccc(N)cc6)n(C)c5)cc4)n(C)c3)c(OC)cc2C(=O)N2CCCC[C@H]2C1OC1CCCCO1. The van der Waals surface area contributed by atoms with E-state index in [0.717, 1.165) is 36.8 Å². The van der Waals surface area contributed by atoms with E-state index in [2.05, 4.69) is 22.5 Å². The fourth-order valence-corrected chi connectivity index (χ4v) is 9.17. The third-order valence-corrected chi connectivity index (χ3v) is 12.8. The number of carbonyl (C=O) groups is 5. The van der Waals surface area contributed by atoms with Crippen molar-refractivity contribution in [3.8, 4) is 22.6 Å². The number of aryl methyl sites for hydroxylation is 2. The highest BCUT2D eigenvalue weighted by molar-refractivity contribution is 6.07. The number of fused-ring (bicyclic) bond motifs is 2. The van der Waals surface area contributed by atoms with Crippen LogP contribution in [0.1, 0.15) is 95.5 Å². The number of benzene rings is 3. The largest absolute Gasteiger partial charge is 0.493 e. The van der Waals surface area contributed by atoms with Crippen LogP contribution in [0.4, 0.5) is 33.2 Å². The number of nitrogens with one attached hydrogen (secondary N) is 3. The lowest BCUT2D eigenvalue weighted by Crippen LogP contribution is -2.57. The van der Waals surface area contributed by atoms with Gasteiger partial charge in [-0.25, -0.2) is 9.69 Å². The molecule has 0 spiro atoms. The number of hydrogen-bond donors (Lipinski definition) is 4. The second-order valence-electron chi connectivity index (χ2n) is 17.9. The highest BCUT2D eigenvalue weighted by atomic mass is 16.7. The molecule has 0 aliphatic carbocycles. The molecule has 18 heteroatoms. The monoisotopic (exact) mass is 970 g/mol. The van der Waals surface area contributed by atoms with E-state index in [1.54, 1.807) is 95.0 Å². The van der Waals surface area contributed by atoms with Crippen LogP contribution in [0.15, 0.2) is 97.8 Å². The minimum atomic E-state index is -0.876. The van der Waals surface area contributed by atoms with E-state index in [1.807, 2.05) is 18.3 Å². The van der Waals surface area contributed by atoms with Crippen molar-refractivity contribution in [3.63, 3.8) is 0 Å². The zero-order valence-electron chi connectivity index (χ0n) is 40.4. The van der Waals surface area contributed by atoms with E-state index in [4.69, 9.17) is 29.4 Å². The highest BCUT2D eigenvalue weighted by Gasteiger charge is 2.47. The molecule has 2 unspecified atom stereocenters. The number of carbonyl (C=O) groups excluding carboxylic acids is 5. The van der Waals surface area contributed by atoms with Gasteiger partial charge in [-0.2, -0.15) is 0 Å². The molecule has 18 nitrogen and oxygen atoms in total. The van der Waals surface area contributed by atoms with Gasteiger partial charge in [0, 0.05) is 74.8 Å². The molecule has 2 fully saturated rings. The van der Waals surface area contributed by atoms with Gasteiger partial charge in [-0.3, -0.25) is 19.2 Å². The predicted octanol–water partition coefficient (Wildman–Crippen LogP) is 8.71. The first-order chi connectivity index (χ1) is 34.4. The molecule has 0 bridgehead atoms. The zero-order valence-corrected chi connectivity index (χ0v) is 40.4. The maximum absolute atomic E-state index is 14.3. The van der Waals surface area contributed by atoms with E-state index in [0.29, 0.717) is 96.6 Å². The molecule has 5 amide bonds. The van der Waals surface area contributed by atoms with Crippen LogP contribution in [-0.4, -0.2) is 95.8 Å². The first kappa shape index (κ1) is 49.8. The predicted molar refractivity (Wildman–Crippen MR) is 270 cm³/mol. The van der Waals surface area contributed by atoms with Crippen LogP contribution in [0.25, 0.3) is 11.1 Å². The maximum Gasteiger partial charge on any atom is 0.416 e. The minimum Gasteiger partial charge on any atom is -0.493 e. The topological polar surface area (TPSA) is 210 Å². The third kappa shape index (κ3) is 11.9. The Kier molecular flexibility index (Phi) is 16.1. The van der Waals surface area contributed by atoms with Gasteiger partial charge in [0.15, 0.2) is 24.0 Å². The van der Waals surface area contributed by atoms with Crippen LogP contribution in [0.5, 0.6) is 11.5 Å². The maximum atomic E-state index is 14.3. The van der Waals surface area contributed by atoms with Crippen molar-refractivity contribution in [1.82, 2.24) is 14.0 Å². The molecule has 3 aromatic carbocycles. The average molecular weight is 971 g/mol. The summed E-state index contributed by atoms with van der Waals surface area (Å²) in [6, 6.07) is 20.5. The van der Waals surface area contributed by atoms with Gasteiger partial charge in [0.05, 0.1) is 36.7 Å². The molecule has 3 aliphatic heterocycles. The van der Waals surface area contributed by atoms with Crippen molar-refractivity contribution in [2.24, 2.45) is 14.1 Å². The van der Waals surface area contributed by atoms with Crippen molar-refractivity contribution in [3.05, 3.63) is 115 Å². The van der Waals surface area contributed by atoms with Crippen LogP contribution >= 0.6 is 0 Å². The smallest absolute Gasteiger partial charge is 0.416 e. The molecule has 0 saturated carbocycles. The number of amides is 5. The van der Waals surface area contributed by atoms with Crippen LogP contribution in [0.3, 0.4) is 0 Å². The standard InChI is InChI=1S/C53H62N8O10/c1-5-25-70-53(66)61-42-31-46(45(67-4)30-40(42)51(65)60-24-10-8-13-41(60)52(61)71-48-15-9-12-27-69-48)68-26-11-6-7-14-47(62)55-39-29-44(59(3)33-39)50(64)56-37-20-16-34(17-21-37)35-28-43(58(2)32-35)49(63)57-38-22-18-36(54)19-23-38/h5,16-23,28-33,41,48,52H,1,6-15,24-27,54H2,2-4H3,(H,55,62)(H,56,64)(H,57,63)/t41-,48?,52?/m0/s1. The number of ether oxygens (including phenoxy) is 5. The molecule has 5 N–H and O–H groups in total. The summed E-state index contributed by atoms with van der Waals surface area (Å²) >= 11 is 0. The minimum absolute atomic E-state index is 0.0336. The summed E-state index contributed by atoms with van der Waals surface area (Å²) < 4.78 is 33.6. The molecule has 5 aromatic rings. The van der Waals surface area contributed by atoms with Gasteiger partial charge in [-0.15, -0.1) is 0 Å².